The van der Waals surface area contributed by atoms with E-state index in [0.29, 0.717) is 5.56 Å². The lowest BCUT2D eigenvalue weighted by atomic mass is 10.1. The van der Waals surface area contributed by atoms with Crippen LogP contribution in [0.25, 0.3) is 0 Å². The van der Waals surface area contributed by atoms with Crippen LogP contribution in [0.4, 0.5) is 0 Å². The van der Waals surface area contributed by atoms with Gasteiger partial charge in [-0.2, -0.15) is 0 Å². The smallest absolute Gasteiger partial charge is 0.349 e. The summed E-state index contributed by atoms with van der Waals surface area (Å²) in [7, 11) is 0. The van der Waals surface area contributed by atoms with Crippen molar-refractivity contribution < 1.29 is 13.7 Å². The number of aliphatic hydroxyl groups excluding tert-OH is 1. The zero-order chi connectivity index (χ0) is 9.84. The van der Waals surface area contributed by atoms with E-state index in [1.807, 2.05) is 0 Å². The van der Waals surface area contributed by atoms with E-state index < -0.39 is 5.97 Å². The molecule has 0 atom stereocenters. The first kappa shape index (κ1) is 10.2. The van der Waals surface area contributed by atoms with Crippen molar-refractivity contribution in [2.45, 2.75) is 13.5 Å². The van der Waals surface area contributed by atoms with E-state index >= 15 is 0 Å². The predicted octanol–water partition coefficient (Wildman–Crippen LogP) is 1.95. The molecule has 0 amide bonds. The van der Waals surface area contributed by atoms with Gasteiger partial charge in [0.25, 0.3) is 0 Å². The van der Waals surface area contributed by atoms with Gasteiger partial charge in [-0.3, -0.25) is 0 Å². The van der Waals surface area contributed by atoms with Crippen LogP contribution in [0.1, 0.15) is 21.5 Å². The molecule has 0 aliphatic carbocycles. The number of carbonyl (C=O) groups excluding carboxylic acids is 1. The first-order valence-electron chi connectivity index (χ1n) is 3.72. The summed E-state index contributed by atoms with van der Waals surface area (Å²) in [5.74, 6) is -0.429. The third-order valence-corrected chi connectivity index (χ3v) is 2.06. The second kappa shape index (κ2) is 4.39. The van der Waals surface area contributed by atoms with Crippen LogP contribution in [0, 0.1) is 6.92 Å². The number of aryl methyl sites for hydroxylation is 1. The fourth-order valence-electron chi connectivity index (χ4n) is 1.09. The summed E-state index contributed by atoms with van der Waals surface area (Å²) >= 11 is 2.62. The van der Waals surface area contributed by atoms with Crippen molar-refractivity contribution in [2.24, 2.45) is 0 Å². The second-order valence-electron chi connectivity index (χ2n) is 2.67. The highest BCUT2D eigenvalue weighted by atomic mass is 79.9. The van der Waals surface area contributed by atoms with Crippen LogP contribution in [0.5, 0.6) is 0 Å². The molecule has 0 bridgehead atoms. The SMILES string of the molecule is Cc1cc(CO)ccc1C(=O)OBr. The highest BCUT2D eigenvalue weighted by Gasteiger charge is 2.09. The molecule has 0 aromatic heterocycles. The van der Waals surface area contributed by atoms with E-state index in [0.717, 1.165) is 11.1 Å². The Hall–Kier alpha value is -0.870. The molecule has 13 heavy (non-hydrogen) atoms. The minimum absolute atomic E-state index is 0.0233. The molecule has 1 aromatic rings. The van der Waals surface area contributed by atoms with E-state index in [4.69, 9.17) is 5.11 Å². The maximum absolute atomic E-state index is 11.1. The van der Waals surface area contributed by atoms with Gasteiger partial charge in [-0.15, -0.1) is 0 Å². The van der Waals surface area contributed by atoms with Crippen LogP contribution in [0.15, 0.2) is 18.2 Å². The van der Waals surface area contributed by atoms with Gasteiger partial charge < -0.3 is 8.93 Å². The molecule has 0 heterocycles. The lowest BCUT2D eigenvalue weighted by Crippen LogP contribution is -2.01. The number of rotatable bonds is 2. The molecule has 0 aliphatic rings. The standard InChI is InChI=1S/C9H9BrO3/c1-6-4-7(5-11)2-3-8(6)9(12)13-10/h2-4,11H,5H2,1H3. The summed E-state index contributed by atoms with van der Waals surface area (Å²) in [6, 6.07) is 5.07. The van der Waals surface area contributed by atoms with Crippen LogP contribution in [-0.4, -0.2) is 11.1 Å². The van der Waals surface area contributed by atoms with Crippen molar-refractivity contribution in [2.75, 3.05) is 0 Å². The van der Waals surface area contributed by atoms with Crippen molar-refractivity contribution in [1.82, 2.24) is 0 Å². The number of hydrogen-bond donors (Lipinski definition) is 1. The first-order valence-corrected chi connectivity index (χ1v) is 4.37. The van der Waals surface area contributed by atoms with Crippen molar-refractivity contribution in [3.8, 4) is 0 Å². The van der Waals surface area contributed by atoms with Gasteiger partial charge in [0, 0.05) is 0 Å². The highest BCUT2D eigenvalue weighted by Crippen LogP contribution is 2.13. The topological polar surface area (TPSA) is 46.5 Å². The van der Waals surface area contributed by atoms with Crippen LogP contribution in [0.2, 0.25) is 0 Å². The molecule has 0 saturated heterocycles. The Kier molecular flexibility index (Phi) is 3.45. The fraction of sp³-hybridized carbons (Fsp3) is 0.222. The summed E-state index contributed by atoms with van der Waals surface area (Å²) in [5.41, 5.74) is 2.06. The van der Waals surface area contributed by atoms with E-state index in [9.17, 15) is 4.79 Å². The molecular formula is C9H9BrO3. The fourth-order valence-corrected chi connectivity index (χ4v) is 1.27. The minimum Gasteiger partial charge on any atom is -0.392 e. The molecule has 0 radical (unpaired) electrons. The third kappa shape index (κ3) is 2.29. The molecule has 4 heteroatoms. The number of halogens is 1. The molecule has 0 fully saturated rings. The van der Waals surface area contributed by atoms with Crippen LogP contribution >= 0.6 is 16.3 Å². The van der Waals surface area contributed by atoms with E-state index in [1.165, 1.54) is 0 Å². The Morgan fingerprint density at radius 1 is 1.62 bits per heavy atom. The van der Waals surface area contributed by atoms with Crippen LogP contribution in [0.3, 0.4) is 0 Å². The lowest BCUT2D eigenvalue weighted by Gasteiger charge is -2.03. The maximum atomic E-state index is 11.1. The van der Waals surface area contributed by atoms with E-state index in [-0.39, 0.29) is 6.61 Å². The Bertz CT molecular complexity index is 323. The van der Waals surface area contributed by atoms with Gasteiger partial charge in [-0.05, 0) is 24.1 Å². The van der Waals surface area contributed by atoms with Gasteiger partial charge in [-0.25, -0.2) is 4.79 Å². The molecule has 0 saturated carbocycles. The lowest BCUT2D eigenvalue weighted by molar-refractivity contribution is 0.0781. The average molecular weight is 245 g/mol. The van der Waals surface area contributed by atoms with Gasteiger partial charge in [0.05, 0.1) is 12.2 Å². The monoisotopic (exact) mass is 244 g/mol. The number of benzene rings is 1. The Labute approximate surface area is 84.8 Å². The third-order valence-electron chi connectivity index (χ3n) is 1.76. The van der Waals surface area contributed by atoms with E-state index in [1.54, 1.807) is 25.1 Å². The van der Waals surface area contributed by atoms with Crippen molar-refractivity contribution in [1.29, 1.82) is 0 Å². The molecule has 1 aromatic carbocycles. The van der Waals surface area contributed by atoms with Gasteiger partial charge in [0.15, 0.2) is 16.3 Å². The van der Waals surface area contributed by atoms with Gasteiger partial charge in [0.1, 0.15) is 0 Å². The quantitative estimate of drug-likeness (QED) is 0.866. The predicted molar refractivity (Wildman–Crippen MR) is 51.4 cm³/mol. The molecule has 1 rings (SSSR count). The summed E-state index contributed by atoms with van der Waals surface area (Å²) in [4.78, 5) is 11.1. The largest absolute Gasteiger partial charge is 0.392 e. The summed E-state index contributed by atoms with van der Waals surface area (Å²) in [6.07, 6.45) is 0. The van der Waals surface area contributed by atoms with Gasteiger partial charge in [-0.1, -0.05) is 12.1 Å². The Morgan fingerprint density at radius 3 is 2.77 bits per heavy atom. The van der Waals surface area contributed by atoms with E-state index in [2.05, 4.69) is 20.1 Å². The maximum Gasteiger partial charge on any atom is 0.349 e. The van der Waals surface area contributed by atoms with Crippen molar-refractivity contribution in [3.63, 3.8) is 0 Å². The first-order chi connectivity index (χ1) is 6.19. The Balaban J connectivity index is 3.05. The van der Waals surface area contributed by atoms with Crippen LogP contribution < -0.4 is 0 Å². The molecular weight excluding hydrogens is 236 g/mol. The number of carbonyl (C=O) groups is 1. The van der Waals surface area contributed by atoms with Crippen molar-refractivity contribution >= 4 is 22.2 Å². The summed E-state index contributed by atoms with van der Waals surface area (Å²) in [6.45, 7) is 1.77. The minimum atomic E-state index is -0.429. The van der Waals surface area contributed by atoms with Gasteiger partial charge in [0.2, 0.25) is 0 Å². The average Bonchev–Trinajstić information content (AvgIpc) is 2.16. The van der Waals surface area contributed by atoms with Crippen molar-refractivity contribution in [3.05, 3.63) is 34.9 Å². The van der Waals surface area contributed by atoms with Crippen LogP contribution in [-0.2, 0) is 10.4 Å². The molecule has 70 valence electrons. The summed E-state index contributed by atoms with van der Waals surface area (Å²) in [5, 5.41) is 8.82. The zero-order valence-electron chi connectivity index (χ0n) is 7.08. The molecule has 1 N–H and O–H groups in total. The molecule has 0 spiro atoms. The second-order valence-corrected chi connectivity index (χ2v) is 3.00. The normalized spacial score (nSPS) is 9.77. The zero-order valence-corrected chi connectivity index (χ0v) is 8.67. The Morgan fingerprint density at radius 2 is 2.31 bits per heavy atom. The molecule has 0 unspecified atom stereocenters. The number of hydrogen-bond acceptors (Lipinski definition) is 3. The van der Waals surface area contributed by atoms with Gasteiger partial charge >= 0.3 is 5.97 Å². The highest BCUT2D eigenvalue weighted by molar-refractivity contribution is 9.06. The summed E-state index contributed by atoms with van der Waals surface area (Å²) < 4.78 is 4.40. The molecule has 0 aliphatic heterocycles. The molecule has 3 nitrogen and oxygen atoms in total. The number of aliphatic hydroxyl groups is 1.